The molecule has 71 heavy (non-hydrogen) atoms. The van der Waals surface area contributed by atoms with Crippen LogP contribution in [0.4, 0.5) is 0 Å². The fourth-order valence-electron chi connectivity index (χ4n) is 9.63. The largest absolute Gasteiger partial charge is 0.397 e. The van der Waals surface area contributed by atoms with Gasteiger partial charge in [-0.3, -0.25) is 9.35 Å². The number of aliphatic hydroxyl groups excluding tert-OH is 4. The molecule has 420 valence electrons. The van der Waals surface area contributed by atoms with Gasteiger partial charge in [-0.15, -0.1) is 0 Å². The Morgan fingerprint density at radius 2 is 0.901 bits per heavy atom. The Hall–Kier alpha value is -1.42. The first kappa shape index (κ1) is 67.6. The second-order valence-corrected chi connectivity index (χ2v) is 22.0. The van der Waals surface area contributed by atoms with Crippen molar-refractivity contribution in [2.24, 2.45) is 0 Å². The highest BCUT2D eigenvalue weighted by Crippen LogP contribution is 2.26. The van der Waals surface area contributed by atoms with Crippen LogP contribution in [0.1, 0.15) is 284 Å². The first-order valence-electron chi connectivity index (χ1n) is 29.7. The lowest BCUT2D eigenvalue weighted by molar-refractivity contribution is -0.298. The molecular weight excluding hydrogens is 919 g/mol. The van der Waals surface area contributed by atoms with Crippen LogP contribution in [0.3, 0.4) is 0 Å². The quantitative estimate of drug-likeness (QED) is 0.0193. The van der Waals surface area contributed by atoms with Crippen LogP contribution >= 0.6 is 0 Å². The van der Waals surface area contributed by atoms with Crippen molar-refractivity contribution in [3.8, 4) is 0 Å². The number of hydrogen-bond donors (Lipinski definition) is 6. The minimum atomic E-state index is -5.09. The Bertz CT molecular complexity index is 1350. The molecule has 0 saturated carbocycles. The van der Waals surface area contributed by atoms with E-state index in [1.165, 1.54) is 212 Å². The Labute approximate surface area is 435 Å². The summed E-state index contributed by atoms with van der Waals surface area (Å²) in [4.78, 5) is 13.1. The fraction of sp³-hybridized carbons (Fsp3) is 0.914. The lowest BCUT2D eigenvalue weighted by atomic mass is 9.99. The molecule has 7 atom stereocenters. The van der Waals surface area contributed by atoms with Crippen molar-refractivity contribution in [2.45, 2.75) is 326 Å². The van der Waals surface area contributed by atoms with Gasteiger partial charge in [0.2, 0.25) is 5.91 Å². The number of aliphatic hydroxyl groups is 4. The number of carbonyl (C=O) groups is 1. The minimum absolute atomic E-state index is 0.263. The molecule has 0 bridgehead atoms. The maximum atomic E-state index is 13.1. The van der Waals surface area contributed by atoms with Gasteiger partial charge in [0.05, 0.1) is 25.4 Å². The zero-order chi connectivity index (χ0) is 51.9. The van der Waals surface area contributed by atoms with E-state index in [1.54, 1.807) is 6.08 Å². The predicted octanol–water partition coefficient (Wildman–Crippen LogP) is 14.0. The second-order valence-electron chi connectivity index (χ2n) is 20.9. The second kappa shape index (κ2) is 48.2. The van der Waals surface area contributed by atoms with E-state index < -0.39 is 59.9 Å². The third kappa shape index (κ3) is 40.6. The van der Waals surface area contributed by atoms with Crippen LogP contribution < -0.4 is 5.32 Å². The summed E-state index contributed by atoms with van der Waals surface area (Å²) in [6.45, 7) is 3.43. The van der Waals surface area contributed by atoms with Gasteiger partial charge in [0.25, 0.3) is 0 Å². The van der Waals surface area contributed by atoms with Crippen LogP contribution in [0, 0.1) is 0 Å². The van der Waals surface area contributed by atoms with E-state index in [9.17, 15) is 38.2 Å². The molecule has 1 aliphatic heterocycles. The molecule has 12 nitrogen and oxygen atoms in total. The smallest absolute Gasteiger partial charge is 0.394 e. The van der Waals surface area contributed by atoms with E-state index in [4.69, 9.17) is 9.47 Å². The van der Waals surface area contributed by atoms with Gasteiger partial charge in [0.1, 0.15) is 24.4 Å². The molecule has 0 aromatic heterocycles. The molecule has 1 saturated heterocycles. The number of rotatable bonds is 52. The van der Waals surface area contributed by atoms with E-state index in [2.05, 4.69) is 35.5 Å². The van der Waals surface area contributed by atoms with Gasteiger partial charge in [-0.1, -0.05) is 256 Å². The maximum absolute atomic E-state index is 13.1. The van der Waals surface area contributed by atoms with Crippen molar-refractivity contribution in [1.29, 1.82) is 0 Å². The van der Waals surface area contributed by atoms with Crippen molar-refractivity contribution in [3.63, 3.8) is 0 Å². The normalized spacial score (nSPS) is 19.6. The van der Waals surface area contributed by atoms with Gasteiger partial charge < -0.3 is 35.2 Å². The molecule has 1 amide bonds. The third-order valence-corrected chi connectivity index (χ3v) is 14.7. The summed E-state index contributed by atoms with van der Waals surface area (Å²) in [6.07, 6.45) is 50.8. The summed E-state index contributed by atoms with van der Waals surface area (Å²) >= 11 is 0. The summed E-state index contributed by atoms with van der Waals surface area (Å²) in [5.74, 6) is -0.263. The van der Waals surface area contributed by atoms with Crippen molar-refractivity contribution < 1.29 is 51.8 Å². The standard InChI is InChI=1S/C58H111NO11S/c1-3-5-7-9-11-13-15-17-19-21-23-24-25-26-27-28-30-31-33-35-37-39-41-43-45-47-52(61)51(50-68-58-56(64)57(70-71(65,66)67)55(63)53(49-60)69-58)59-54(62)48-46-44-42-40-38-36-34-32-29-22-20-18-16-14-12-10-8-6-4-2/h22,29,45,47,51-53,55-58,60-61,63-64H,3-21,23-28,30-44,46,48-50H2,1-2H3,(H,59,62)(H,65,66,67)/b29-22-,47-45+. The number of hydrogen-bond acceptors (Lipinski definition) is 10. The van der Waals surface area contributed by atoms with Gasteiger partial charge in [-0.25, -0.2) is 4.18 Å². The van der Waals surface area contributed by atoms with Gasteiger partial charge >= 0.3 is 10.4 Å². The van der Waals surface area contributed by atoms with E-state index in [0.717, 1.165) is 44.9 Å². The van der Waals surface area contributed by atoms with E-state index in [1.807, 2.05) is 6.08 Å². The summed E-state index contributed by atoms with van der Waals surface area (Å²) < 4.78 is 47.9. The first-order valence-corrected chi connectivity index (χ1v) is 31.1. The number of nitrogens with one attached hydrogen (secondary N) is 1. The fourth-order valence-corrected chi connectivity index (χ4v) is 10.1. The molecule has 13 heteroatoms. The number of carbonyl (C=O) groups excluding carboxylic acids is 1. The van der Waals surface area contributed by atoms with Crippen molar-refractivity contribution in [2.75, 3.05) is 13.2 Å². The molecule has 0 aliphatic carbocycles. The molecule has 1 fully saturated rings. The summed E-state index contributed by atoms with van der Waals surface area (Å²) in [6, 6.07) is -0.946. The summed E-state index contributed by atoms with van der Waals surface area (Å²) in [5, 5.41) is 45.0. The number of ether oxygens (including phenoxy) is 2. The van der Waals surface area contributed by atoms with Gasteiger partial charge in [0.15, 0.2) is 6.29 Å². The summed E-state index contributed by atoms with van der Waals surface area (Å²) in [7, 11) is -5.09. The highest BCUT2D eigenvalue weighted by Gasteiger charge is 2.48. The van der Waals surface area contributed by atoms with Crippen LogP contribution in [0.5, 0.6) is 0 Å². The number of amides is 1. The molecule has 1 heterocycles. The monoisotopic (exact) mass is 1030 g/mol. The average Bonchev–Trinajstić information content (AvgIpc) is 3.34. The van der Waals surface area contributed by atoms with E-state index >= 15 is 0 Å². The molecule has 1 rings (SSSR count). The molecule has 0 radical (unpaired) electrons. The van der Waals surface area contributed by atoms with Gasteiger partial charge in [-0.05, 0) is 44.9 Å². The average molecular weight is 1030 g/mol. The molecule has 1 aliphatic rings. The summed E-state index contributed by atoms with van der Waals surface area (Å²) in [5.41, 5.74) is 0. The predicted molar refractivity (Wildman–Crippen MR) is 292 cm³/mol. The molecule has 0 spiro atoms. The van der Waals surface area contributed by atoms with Gasteiger partial charge in [0, 0.05) is 6.42 Å². The first-order chi connectivity index (χ1) is 34.5. The van der Waals surface area contributed by atoms with Crippen molar-refractivity contribution in [3.05, 3.63) is 24.3 Å². The van der Waals surface area contributed by atoms with E-state index in [-0.39, 0.29) is 18.9 Å². The third-order valence-electron chi connectivity index (χ3n) is 14.2. The highest BCUT2D eigenvalue weighted by molar-refractivity contribution is 7.80. The van der Waals surface area contributed by atoms with Crippen LogP contribution in [0.25, 0.3) is 0 Å². The number of unbranched alkanes of at least 4 members (excludes halogenated alkanes) is 38. The number of allylic oxidation sites excluding steroid dienone is 3. The van der Waals surface area contributed by atoms with Crippen LogP contribution in [-0.4, -0.2) is 95.4 Å². The Morgan fingerprint density at radius 3 is 1.27 bits per heavy atom. The maximum Gasteiger partial charge on any atom is 0.397 e. The Kier molecular flexibility index (Phi) is 45.9. The zero-order valence-electron chi connectivity index (χ0n) is 45.6. The SMILES string of the molecule is CCCCCCCCCC/C=C\CCCCCCCCCC(=O)NC(COC1OC(CO)C(O)C(OS(=O)(=O)O)C1O)C(O)/C=C/CCCCCCCCCCCCCCCCCCCCCCCCC. The lowest BCUT2D eigenvalue weighted by Crippen LogP contribution is -2.61. The molecule has 6 N–H and O–H groups in total. The topological polar surface area (TPSA) is 192 Å². The van der Waals surface area contributed by atoms with Crippen molar-refractivity contribution in [1.82, 2.24) is 5.32 Å². The Balaban J connectivity index is 2.36. The van der Waals surface area contributed by atoms with Crippen LogP contribution in [0.2, 0.25) is 0 Å². The zero-order valence-corrected chi connectivity index (χ0v) is 46.4. The van der Waals surface area contributed by atoms with Crippen molar-refractivity contribution >= 4 is 16.3 Å². The van der Waals surface area contributed by atoms with Crippen LogP contribution in [-0.2, 0) is 28.9 Å². The minimum Gasteiger partial charge on any atom is -0.394 e. The Morgan fingerprint density at radius 1 is 0.549 bits per heavy atom. The molecule has 0 aromatic rings. The van der Waals surface area contributed by atoms with E-state index in [0.29, 0.717) is 6.42 Å². The van der Waals surface area contributed by atoms with Crippen LogP contribution in [0.15, 0.2) is 24.3 Å². The molecular formula is C58H111NO11S. The van der Waals surface area contributed by atoms with Gasteiger partial charge in [-0.2, -0.15) is 8.42 Å². The lowest BCUT2D eigenvalue weighted by Gasteiger charge is -2.41. The highest BCUT2D eigenvalue weighted by atomic mass is 32.3. The molecule has 0 aromatic carbocycles. The molecule has 7 unspecified atom stereocenters.